The minimum atomic E-state index is -1.22. The molecule has 290 valence electrons. The molecule has 0 atom stereocenters. The Bertz CT molecular complexity index is 2500. The summed E-state index contributed by atoms with van der Waals surface area (Å²) in [5, 5.41) is 5.42. The van der Waals surface area contributed by atoms with E-state index in [0.717, 1.165) is 68.7 Å². The van der Waals surface area contributed by atoms with Gasteiger partial charge < -0.3 is 14.5 Å². The van der Waals surface area contributed by atoms with Crippen molar-refractivity contribution in [3.63, 3.8) is 0 Å². The van der Waals surface area contributed by atoms with Gasteiger partial charge in [0.15, 0.2) is 0 Å². The molecule has 5 nitrogen and oxygen atoms in total. The maximum Gasteiger partial charge on any atom is 0.338 e. The lowest BCUT2D eigenvalue weighted by atomic mass is 9.13. The second kappa shape index (κ2) is 18.1. The molecule has 2 aliphatic rings. The third-order valence-electron chi connectivity index (χ3n) is 11.0. The lowest BCUT2D eigenvalue weighted by Gasteiger charge is -2.44. The molecular weight excluding hydrogens is 711 g/mol. The van der Waals surface area contributed by atoms with E-state index >= 15 is 0 Å². The third-order valence-corrected chi connectivity index (χ3v) is 11.0. The number of esters is 1. The summed E-state index contributed by atoms with van der Waals surface area (Å²) < 4.78 is 11.8. The molecule has 0 fully saturated rings. The minimum absolute atomic E-state index is 0.322. The fourth-order valence-electron chi connectivity index (χ4n) is 8.46. The highest BCUT2D eigenvalue weighted by Crippen LogP contribution is 2.43. The van der Waals surface area contributed by atoms with E-state index in [9.17, 15) is 4.79 Å². The van der Waals surface area contributed by atoms with Crippen molar-refractivity contribution in [3.05, 3.63) is 192 Å². The Morgan fingerprint density at radius 2 is 1.14 bits per heavy atom. The minimum Gasteiger partial charge on any atom is -0.462 e. The van der Waals surface area contributed by atoms with E-state index in [1.807, 2.05) is 31.2 Å². The van der Waals surface area contributed by atoms with Crippen LogP contribution in [-0.4, -0.2) is 31.8 Å². The van der Waals surface area contributed by atoms with Gasteiger partial charge >= 0.3 is 5.97 Å². The Morgan fingerprint density at radius 3 is 1.64 bits per heavy atom. The maximum atomic E-state index is 12.9. The van der Waals surface area contributed by atoms with Gasteiger partial charge in [-0.3, -0.25) is 0 Å². The van der Waals surface area contributed by atoms with Gasteiger partial charge in [0.1, 0.15) is 24.0 Å². The van der Waals surface area contributed by atoms with Crippen LogP contribution in [0.5, 0.6) is 0 Å². The van der Waals surface area contributed by atoms with E-state index in [4.69, 9.17) is 9.15 Å². The zero-order valence-corrected chi connectivity index (χ0v) is 34.1. The molecule has 0 bridgehead atoms. The van der Waals surface area contributed by atoms with Gasteiger partial charge in [0.25, 0.3) is 0 Å². The molecule has 0 amide bonds. The van der Waals surface area contributed by atoms with Crippen LogP contribution in [0.15, 0.2) is 174 Å². The average molecular weight is 763 g/mol. The molecule has 6 aromatic rings. The molecule has 0 spiro atoms. The molecule has 58 heavy (non-hydrogen) atoms. The van der Waals surface area contributed by atoms with Gasteiger partial charge in [0, 0.05) is 40.4 Å². The van der Waals surface area contributed by atoms with E-state index < -0.39 is 6.15 Å². The molecule has 8 rings (SSSR count). The highest BCUT2D eigenvalue weighted by molar-refractivity contribution is 7.19. The van der Waals surface area contributed by atoms with Gasteiger partial charge in [-0.25, -0.2) is 9.79 Å². The first-order valence-corrected chi connectivity index (χ1v) is 20.4. The SMILES string of the molecule is CCNc1cc2oc3cc(=[NH+]CC)c(C)cc-3c(-c3ccccc3C(=O)OCC)c2cc1C.c1ccc([B-](c2ccccc2)(c2ccccc2)c2ccccc2)cc1. The molecule has 6 heteroatoms. The molecule has 0 saturated heterocycles. The van der Waals surface area contributed by atoms with Crippen molar-refractivity contribution in [2.75, 3.05) is 25.0 Å². The predicted octanol–water partition coefficient (Wildman–Crippen LogP) is 7.50. The van der Waals surface area contributed by atoms with Gasteiger partial charge in [-0.2, -0.15) is 21.9 Å². The summed E-state index contributed by atoms with van der Waals surface area (Å²) in [4.78, 5) is 16.3. The summed E-state index contributed by atoms with van der Waals surface area (Å²) in [7, 11) is 0. The van der Waals surface area contributed by atoms with E-state index in [1.54, 1.807) is 0 Å². The molecule has 2 N–H and O–H groups in total. The highest BCUT2D eigenvalue weighted by atomic mass is 16.5. The Morgan fingerprint density at radius 1 is 0.621 bits per heavy atom. The number of anilines is 1. The Hall–Kier alpha value is -6.66. The smallest absolute Gasteiger partial charge is 0.338 e. The van der Waals surface area contributed by atoms with Crippen LogP contribution < -0.4 is 37.5 Å². The summed E-state index contributed by atoms with van der Waals surface area (Å²) >= 11 is 0. The molecule has 0 saturated carbocycles. The normalized spacial score (nSPS) is 11.6. The summed E-state index contributed by atoms with van der Waals surface area (Å²) in [6.45, 7) is 12.1. The first kappa shape index (κ1) is 39.6. The van der Waals surface area contributed by atoms with Crippen LogP contribution in [0.1, 0.15) is 42.3 Å². The molecule has 1 aliphatic heterocycles. The number of nitrogens with one attached hydrogen (secondary N) is 2. The number of benzene rings is 7. The Labute approximate surface area is 342 Å². The van der Waals surface area contributed by atoms with Gasteiger partial charge in [0.05, 0.1) is 18.2 Å². The highest BCUT2D eigenvalue weighted by Gasteiger charge is 2.31. The fraction of sp³-hybridized carbons (Fsp3) is 0.154. The second-order valence-corrected chi connectivity index (χ2v) is 14.6. The quantitative estimate of drug-likeness (QED) is 0.0862. The first-order chi connectivity index (χ1) is 28.4. The van der Waals surface area contributed by atoms with E-state index in [1.165, 1.54) is 21.9 Å². The summed E-state index contributed by atoms with van der Waals surface area (Å²) in [6, 6.07) is 59.6. The van der Waals surface area contributed by atoms with Crippen molar-refractivity contribution < 1.29 is 18.9 Å². The van der Waals surface area contributed by atoms with Gasteiger partial charge in [0.2, 0.25) is 5.36 Å². The lowest BCUT2D eigenvalue weighted by molar-refractivity contribution is -0.496. The molecule has 1 heterocycles. The summed E-state index contributed by atoms with van der Waals surface area (Å²) in [5.41, 5.74) is 12.7. The molecule has 0 radical (unpaired) electrons. The summed E-state index contributed by atoms with van der Waals surface area (Å²) in [6.07, 6.45) is -1.22. The largest absolute Gasteiger partial charge is 0.462 e. The van der Waals surface area contributed by atoms with Crippen molar-refractivity contribution in [1.29, 1.82) is 0 Å². The number of hydrogen-bond acceptors (Lipinski definition) is 4. The molecule has 6 aromatic carbocycles. The van der Waals surface area contributed by atoms with Crippen LogP contribution in [0.3, 0.4) is 0 Å². The topological polar surface area (TPSA) is 65.4 Å². The van der Waals surface area contributed by atoms with E-state index in [0.29, 0.717) is 12.2 Å². The zero-order chi connectivity index (χ0) is 40.5. The standard InChI is InChI=1S/C28H30N2O3.C24H20B/c1-6-29-23-15-25-21(13-17(23)4)27(19-11-9-10-12-20(19)28(31)32-8-3)22-14-18(5)24(30-7-2)16-26(22)33-25;1-5-13-21(14-6-1)25(22-15-7-2-8-16-22,23-17-9-3-10-18-23)24-19-11-4-12-20-24/h9-16,29H,6-8H2,1-5H3;1-20H/q;-1/p+1. The van der Waals surface area contributed by atoms with Gasteiger partial charge in [-0.1, -0.05) is 140 Å². The van der Waals surface area contributed by atoms with Crippen molar-refractivity contribution in [2.24, 2.45) is 0 Å². The van der Waals surface area contributed by atoms with Crippen LogP contribution in [0.2, 0.25) is 0 Å². The number of hydrogen-bond donors (Lipinski definition) is 2. The maximum absolute atomic E-state index is 12.9. The number of fused-ring (bicyclic) bond motifs is 2. The average Bonchev–Trinajstić information content (AvgIpc) is 3.26. The monoisotopic (exact) mass is 762 g/mol. The molecule has 0 unspecified atom stereocenters. The van der Waals surface area contributed by atoms with Crippen molar-refractivity contribution in [3.8, 4) is 22.5 Å². The van der Waals surface area contributed by atoms with Crippen LogP contribution in [0.4, 0.5) is 5.69 Å². The number of carbonyl (C=O) groups is 1. The second-order valence-electron chi connectivity index (χ2n) is 14.6. The number of ether oxygens (including phenoxy) is 1. The molecule has 0 aromatic heterocycles. The Kier molecular flexibility index (Phi) is 12.3. The van der Waals surface area contributed by atoms with Crippen LogP contribution in [0, 0.1) is 13.8 Å². The van der Waals surface area contributed by atoms with Crippen LogP contribution in [0.25, 0.3) is 33.4 Å². The lowest BCUT2D eigenvalue weighted by Crippen LogP contribution is -2.76. The number of carbonyl (C=O) groups excluding carboxylic acids is 1. The number of rotatable bonds is 10. The first-order valence-electron chi connectivity index (χ1n) is 20.4. The zero-order valence-electron chi connectivity index (χ0n) is 34.1. The van der Waals surface area contributed by atoms with Crippen molar-refractivity contribution in [1.82, 2.24) is 0 Å². The van der Waals surface area contributed by atoms with E-state index in [2.05, 4.69) is 184 Å². The fourth-order valence-corrected chi connectivity index (χ4v) is 8.46. The van der Waals surface area contributed by atoms with Crippen LogP contribution >= 0.6 is 0 Å². The third kappa shape index (κ3) is 7.83. The summed E-state index contributed by atoms with van der Waals surface area (Å²) in [5.74, 6) is 0.446. The van der Waals surface area contributed by atoms with Crippen LogP contribution in [-0.2, 0) is 4.74 Å². The molecule has 1 aliphatic carbocycles. The molecular formula is C52H51BN2O3. The number of aryl methyl sites for hydroxylation is 2. The van der Waals surface area contributed by atoms with Gasteiger partial charge in [-0.05, 0) is 63.9 Å². The predicted molar refractivity (Wildman–Crippen MR) is 243 cm³/mol. The van der Waals surface area contributed by atoms with Crippen molar-refractivity contribution >= 4 is 50.6 Å². The van der Waals surface area contributed by atoms with E-state index in [-0.39, 0.29) is 5.97 Å². The van der Waals surface area contributed by atoms with Crippen molar-refractivity contribution in [2.45, 2.75) is 34.6 Å². The van der Waals surface area contributed by atoms with Gasteiger partial charge in [-0.15, -0.1) is 0 Å². The Balaban J connectivity index is 0.000000183.